The van der Waals surface area contributed by atoms with Crippen molar-refractivity contribution in [1.29, 1.82) is 0 Å². The Hall–Kier alpha value is -18.8. The minimum atomic E-state index is 0.885. The van der Waals surface area contributed by atoms with Crippen LogP contribution in [-0.2, 0) is 0 Å². The Morgan fingerprint density at radius 2 is 0.475 bits per heavy atom. The number of imidazole rings is 1. The van der Waals surface area contributed by atoms with E-state index in [9.17, 15) is 0 Å². The summed E-state index contributed by atoms with van der Waals surface area (Å²) >= 11 is 0. The van der Waals surface area contributed by atoms with Crippen molar-refractivity contribution in [2.45, 2.75) is 0 Å². The van der Waals surface area contributed by atoms with Gasteiger partial charge >= 0.3 is 0 Å². The summed E-state index contributed by atoms with van der Waals surface area (Å²) in [6.45, 7) is 0. The van der Waals surface area contributed by atoms with Crippen molar-refractivity contribution >= 4 is 119 Å². The summed E-state index contributed by atoms with van der Waals surface area (Å²) in [5.41, 5.74) is 33.5. The predicted molar refractivity (Wildman–Crippen MR) is 577 cm³/mol. The summed E-state index contributed by atoms with van der Waals surface area (Å²) < 4.78 is 2.27. The molecule has 19 aromatic carbocycles. The lowest BCUT2D eigenvalue weighted by atomic mass is 9.89. The van der Waals surface area contributed by atoms with E-state index < -0.39 is 0 Å². The van der Waals surface area contributed by atoms with Crippen LogP contribution in [0.2, 0.25) is 0 Å². The Balaban J connectivity index is 0.000000110. The van der Waals surface area contributed by atoms with Crippen molar-refractivity contribution in [3.63, 3.8) is 0 Å². The molecular formula is C129H82N10. The number of fused-ring (bicyclic) bond motifs is 14. The Morgan fingerprint density at radius 3 is 0.892 bits per heavy atom. The number of aromatic nitrogens is 10. The van der Waals surface area contributed by atoms with Gasteiger partial charge in [-0.05, 0) is 260 Å². The first-order chi connectivity index (χ1) is 68.9. The van der Waals surface area contributed by atoms with Gasteiger partial charge in [-0.25, -0.2) is 19.9 Å². The third-order valence-electron chi connectivity index (χ3n) is 26.8. The minimum Gasteiger partial charge on any atom is -0.292 e. The summed E-state index contributed by atoms with van der Waals surface area (Å²) in [5, 5.41) is 17.6. The molecule has 0 atom stereocenters. The fraction of sp³-hybridized carbons (Fsp3) is 0. The predicted octanol–water partition coefficient (Wildman–Crippen LogP) is 33.1. The van der Waals surface area contributed by atoms with Crippen LogP contribution in [0.3, 0.4) is 0 Å². The van der Waals surface area contributed by atoms with Gasteiger partial charge in [0.05, 0.1) is 61.4 Å². The zero-order valence-electron chi connectivity index (χ0n) is 75.3. The summed E-state index contributed by atoms with van der Waals surface area (Å²) in [4.78, 5) is 43.2. The number of pyridine rings is 6. The molecule has 0 aliphatic carbocycles. The highest BCUT2D eigenvalue weighted by molar-refractivity contribution is 6.17. The van der Waals surface area contributed by atoms with Crippen LogP contribution in [0.5, 0.6) is 0 Å². The second kappa shape index (κ2) is 35.6. The van der Waals surface area contributed by atoms with E-state index in [1.54, 1.807) is 0 Å². The van der Waals surface area contributed by atoms with Crippen LogP contribution in [0, 0.1) is 0 Å². The standard InChI is InChI=1S/C44H28N4.C43H27N3.C42H27N3/c1-2-11-38-36(34-27-42(29-16-21-45-22-17-29)48-43(28-34)30-18-23-46-24-19-30)15-14-35(37(38)10-1)31-7-5-8-32(25-31)41-26-33-9-6-20-47-44(33)40-13-4-3-12-39(40)41;1-2-12-28(13-3-1)42-43(46-40-22-9-8-21-39(40)45-42)37-24-23-32(33-17-4-5-18-34(33)37)29-14-10-15-30(26-29)38-27-31-16-11-25-44-41(31)36-20-7-6-19-35(36)38;1-2-15-31(16-3-1)45-40-22-9-8-21-39(40)44-42(45)37-24-23-32(33-17-4-5-18-34(33)37)28-12-10-13-29(26-28)38-27-30-14-11-25-43-41(30)36-20-7-6-19-35(36)38/h1-28H;1-27H;1-27H. The SMILES string of the molecule is c1cc(-c2ccc(-c3cc(-c4ccncc4)nc(-c4ccncc4)c3)c3ccccc23)cc(-c2cc3cccnc3c3ccccc23)c1.c1ccc(-c2nc3ccccc3nc2-c2ccc(-c3cccc(-c4cc5cccnc5c5ccccc45)c3)c3ccccc23)cc1.c1ccc(-n2c(-c3ccc(-c4cccc(-c5cc6cccnc6c6ccccc56)c4)c4ccccc34)nc3ccccc32)cc1. The highest BCUT2D eigenvalue weighted by Crippen LogP contribution is 2.47. The van der Waals surface area contributed by atoms with Gasteiger partial charge in [-0.15, -0.1) is 0 Å². The van der Waals surface area contributed by atoms with E-state index in [1.807, 2.05) is 116 Å². The third kappa shape index (κ3) is 15.3. The van der Waals surface area contributed by atoms with Crippen LogP contribution in [0.1, 0.15) is 0 Å². The number of hydrogen-bond acceptors (Lipinski definition) is 9. The second-order valence-electron chi connectivity index (χ2n) is 35.0. The molecule has 0 bridgehead atoms. The molecule has 8 aromatic heterocycles. The van der Waals surface area contributed by atoms with E-state index in [4.69, 9.17) is 34.9 Å². The van der Waals surface area contributed by atoms with Crippen molar-refractivity contribution in [3.8, 4) is 140 Å². The quantitative estimate of drug-likeness (QED) is 0.104. The fourth-order valence-corrected chi connectivity index (χ4v) is 20.4. The number of hydrogen-bond donors (Lipinski definition) is 0. The Bertz CT molecular complexity index is 9420. The van der Waals surface area contributed by atoms with Crippen molar-refractivity contribution in [2.75, 3.05) is 0 Å². The minimum absolute atomic E-state index is 0.885. The van der Waals surface area contributed by atoms with Gasteiger partial charge in [0, 0.05) is 109 Å². The van der Waals surface area contributed by atoms with Crippen molar-refractivity contribution in [1.82, 2.24) is 49.4 Å². The van der Waals surface area contributed by atoms with E-state index in [2.05, 4.69) is 397 Å². The first kappa shape index (κ1) is 82.2. The summed E-state index contributed by atoms with van der Waals surface area (Å²) in [6.07, 6.45) is 12.9. The van der Waals surface area contributed by atoms with E-state index in [1.165, 1.54) is 126 Å². The van der Waals surface area contributed by atoms with Crippen LogP contribution >= 0.6 is 0 Å². The van der Waals surface area contributed by atoms with Gasteiger partial charge in [0.15, 0.2) is 0 Å². The van der Waals surface area contributed by atoms with Gasteiger partial charge in [-0.1, -0.05) is 322 Å². The van der Waals surface area contributed by atoms with Gasteiger partial charge < -0.3 is 0 Å². The Morgan fingerprint density at radius 1 is 0.165 bits per heavy atom. The van der Waals surface area contributed by atoms with Crippen LogP contribution in [-0.4, -0.2) is 49.4 Å². The molecule has 0 saturated heterocycles. The molecule has 139 heavy (non-hydrogen) atoms. The van der Waals surface area contributed by atoms with Crippen molar-refractivity contribution in [3.05, 3.63) is 498 Å². The molecule has 0 saturated carbocycles. The molecule has 0 N–H and O–H groups in total. The highest BCUT2D eigenvalue weighted by Gasteiger charge is 2.24. The molecule has 0 aliphatic rings. The lowest BCUT2D eigenvalue weighted by molar-refractivity contribution is 1.11. The van der Waals surface area contributed by atoms with Gasteiger partial charge in [0.25, 0.3) is 0 Å². The molecule has 27 aromatic rings. The molecule has 0 amide bonds. The topological polar surface area (TPSA) is 121 Å². The number of para-hydroxylation sites is 5. The number of rotatable bonds is 13. The first-order valence-electron chi connectivity index (χ1n) is 46.8. The first-order valence-corrected chi connectivity index (χ1v) is 46.8. The monoisotopic (exact) mass is 1770 g/mol. The lowest BCUT2D eigenvalue weighted by Crippen LogP contribution is -1.98. The normalized spacial score (nSPS) is 11.5. The molecule has 0 spiro atoms. The van der Waals surface area contributed by atoms with Crippen molar-refractivity contribution < 1.29 is 0 Å². The largest absolute Gasteiger partial charge is 0.292 e. The zero-order valence-corrected chi connectivity index (χ0v) is 75.3. The van der Waals surface area contributed by atoms with Gasteiger partial charge in [0.1, 0.15) is 5.82 Å². The summed E-state index contributed by atoms with van der Waals surface area (Å²) in [6, 6.07) is 161. The van der Waals surface area contributed by atoms with Gasteiger partial charge in [-0.3, -0.25) is 29.5 Å². The molecular weight excluding hydrogens is 1690 g/mol. The van der Waals surface area contributed by atoms with Crippen molar-refractivity contribution in [2.24, 2.45) is 0 Å². The van der Waals surface area contributed by atoms with Crippen LogP contribution in [0.25, 0.3) is 259 Å². The molecule has 10 nitrogen and oxygen atoms in total. The fourth-order valence-electron chi connectivity index (χ4n) is 20.4. The zero-order chi connectivity index (χ0) is 92.1. The van der Waals surface area contributed by atoms with E-state index in [-0.39, 0.29) is 0 Å². The average Bonchev–Trinajstić information content (AvgIpc) is 1.73. The second-order valence-corrected chi connectivity index (χ2v) is 35.0. The van der Waals surface area contributed by atoms with Gasteiger partial charge in [0.2, 0.25) is 0 Å². The molecule has 0 fully saturated rings. The summed E-state index contributed by atoms with van der Waals surface area (Å²) in [5.74, 6) is 0.940. The maximum atomic E-state index is 5.21. The van der Waals surface area contributed by atoms with Crippen LogP contribution in [0.15, 0.2) is 498 Å². The molecule has 10 heteroatoms. The van der Waals surface area contributed by atoms with Crippen LogP contribution in [0.4, 0.5) is 0 Å². The Labute approximate surface area is 801 Å². The smallest absolute Gasteiger partial charge is 0.146 e. The molecule has 0 unspecified atom stereocenters. The van der Waals surface area contributed by atoms with E-state index in [0.29, 0.717) is 0 Å². The third-order valence-corrected chi connectivity index (χ3v) is 26.8. The molecule has 648 valence electrons. The van der Waals surface area contributed by atoms with E-state index in [0.717, 1.165) is 133 Å². The average molecular weight is 1770 g/mol. The molecule has 8 heterocycles. The van der Waals surface area contributed by atoms with Gasteiger partial charge in [-0.2, -0.15) is 0 Å². The number of nitrogens with zero attached hydrogens (tertiary/aromatic N) is 10. The summed E-state index contributed by atoms with van der Waals surface area (Å²) in [7, 11) is 0. The highest BCUT2D eigenvalue weighted by atomic mass is 15.1. The Kier molecular flexibility index (Phi) is 21.1. The maximum absolute atomic E-state index is 5.21. The number of benzene rings is 19. The van der Waals surface area contributed by atoms with E-state index >= 15 is 0 Å². The maximum Gasteiger partial charge on any atom is 0.146 e. The molecule has 0 radical (unpaired) electrons. The molecule has 0 aliphatic heterocycles. The molecule has 27 rings (SSSR count). The lowest BCUT2D eigenvalue weighted by Gasteiger charge is -2.16. The van der Waals surface area contributed by atoms with Crippen LogP contribution < -0.4 is 0 Å².